The molecular formula is C20H24N2O2S. The van der Waals surface area contributed by atoms with Gasteiger partial charge in [-0.2, -0.15) is 0 Å². The fourth-order valence-electron chi connectivity index (χ4n) is 1.97. The minimum Gasteiger partial charge on any atom is -0.326 e. The standard InChI is InChI=1S/C20H24N2O2S/c1-14-8-10-17(11-9-14)25-13-18(23)21-15-6-5-7-16(12-15)22-19(24)20(2,3)4/h5-12H,13H2,1-4H3,(H,21,23)(H,22,24). The average molecular weight is 356 g/mol. The third kappa shape index (κ3) is 6.27. The molecule has 2 rings (SSSR count). The molecular weight excluding hydrogens is 332 g/mol. The highest BCUT2D eigenvalue weighted by atomic mass is 32.2. The number of hydrogen-bond acceptors (Lipinski definition) is 3. The number of nitrogens with one attached hydrogen (secondary N) is 2. The monoisotopic (exact) mass is 356 g/mol. The molecule has 0 aliphatic heterocycles. The SMILES string of the molecule is Cc1ccc(SCC(=O)Nc2cccc(NC(=O)C(C)(C)C)c2)cc1. The summed E-state index contributed by atoms with van der Waals surface area (Å²) < 4.78 is 0. The summed E-state index contributed by atoms with van der Waals surface area (Å²) in [5.74, 6) is 0.192. The van der Waals surface area contributed by atoms with E-state index in [4.69, 9.17) is 0 Å². The second kappa shape index (κ2) is 8.21. The summed E-state index contributed by atoms with van der Waals surface area (Å²) in [7, 11) is 0. The van der Waals surface area contributed by atoms with E-state index in [1.54, 1.807) is 24.3 Å². The summed E-state index contributed by atoms with van der Waals surface area (Å²) in [6.45, 7) is 7.61. The Bertz CT molecular complexity index is 749. The summed E-state index contributed by atoms with van der Waals surface area (Å²) >= 11 is 1.49. The Hall–Kier alpha value is -2.27. The highest BCUT2D eigenvalue weighted by molar-refractivity contribution is 8.00. The van der Waals surface area contributed by atoms with Crippen molar-refractivity contribution in [3.05, 3.63) is 54.1 Å². The molecule has 0 aliphatic rings. The summed E-state index contributed by atoms with van der Waals surface area (Å²) in [5, 5.41) is 5.73. The van der Waals surface area contributed by atoms with Gasteiger partial charge < -0.3 is 10.6 Å². The molecule has 0 spiro atoms. The van der Waals surface area contributed by atoms with Crippen LogP contribution in [-0.2, 0) is 9.59 Å². The minimum atomic E-state index is -0.468. The number of rotatable bonds is 5. The quantitative estimate of drug-likeness (QED) is 0.763. The molecule has 2 amide bonds. The molecule has 2 N–H and O–H groups in total. The maximum atomic E-state index is 12.1. The lowest BCUT2D eigenvalue weighted by Crippen LogP contribution is -2.27. The number of amides is 2. The van der Waals surface area contributed by atoms with Crippen molar-refractivity contribution in [2.24, 2.45) is 5.41 Å². The van der Waals surface area contributed by atoms with Crippen LogP contribution in [-0.4, -0.2) is 17.6 Å². The topological polar surface area (TPSA) is 58.2 Å². The molecule has 0 heterocycles. The van der Waals surface area contributed by atoms with E-state index in [0.717, 1.165) is 4.90 Å². The molecule has 4 nitrogen and oxygen atoms in total. The third-order valence-corrected chi connectivity index (χ3v) is 4.49. The molecule has 25 heavy (non-hydrogen) atoms. The van der Waals surface area contributed by atoms with Gasteiger partial charge >= 0.3 is 0 Å². The van der Waals surface area contributed by atoms with Crippen molar-refractivity contribution in [2.45, 2.75) is 32.6 Å². The highest BCUT2D eigenvalue weighted by Gasteiger charge is 2.21. The number of aryl methyl sites for hydroxylation is 1. The molecule has 0 radical (unpaired) electrons. The van der Waals surface area contributed by atoms with E-state index < -0.39 is 5.41 Å². The molecule has 0 fully saturated rings. The Morgan fingerprint density at radius 1 is 0.960 bits per heavy atom. The van der Waals surface area contributed by atoms with Gasteiger partial charge in [-0.1, -0.05) is 44.5 Å². The van der Waals surface area contributed by atoms with E-state index in [1.807, 2.05) is 52.0 Å². The smallest absolute Gasteiger partial charge is 0.234 e. The summed E-state index contributed by atoms with van der Waals surface area (Å²) in [5.41, 5.74) is 2.07. The first-order valence-corrected chi connectivity index (χ1v) is 9.13. The van der Waals surface area contributed by atoms with Crippen molar-refractivity contribution in [1.29, 1.82) is 0 Å². The van der Waals surface area contributed by atoms with Gasteiger partial charge in [0, 0.05) is 21.7 Å². The summed E-state index contributed by atoms with van der Waals surface area (Å²) in [6.07, 6.45) is 0. The Kier molecular flexibility index (Phi) is 6.26. The lowest BCUT2D eigenvalue weighted by molar-refractivity contribution is -0.123. The number of thioether (sulfide) groups is 1. The van der Waals surface area contributed by atoms with Gasteiger partial charge in [0.2, 0.25) is 11.8 Å². The Labute approximate surface area is 153 Å². The van der Waals surface area contributed by atoms with Gasteiger partial charge in [-0.25, -0.2) is 0 Å². The first kappa shape index (κ1) is 19.1. The minimum absolute atomic E-state index is 0.0640. The molecule has 0 atom stereocenters. The van der Waals surface area contributed by atoms with E-state index in [9.17, 15) is 9.59 Å². The van der Waals surface area contributed by atoms with E-state index in [2.05, 4.69) is 10.6 Å². The van der Waals surface area contributed by atoms with Crippen LogP contribution >= 0.6 is 11.8 Å². The number of benzene rings is 2. The van der Waals surface area contributed by atoms with Gasteiger partial charge in [0.15, 0.2) is 0 Å². The van der Waals surface area contributed by atoms with Crippen LogP contribution in [0.1, 0.15) is 26.3 Å². The van der Waals surface area contributed by atoms with Crippen molar-refractivity contribution >= 4 is 35.0 Å². The zero-order valence-corrected chi connectivity index (χ0v) is 15.9. The fourth-order valence-corrected chi connectivity index (χ4v) is 2.67. The van der Waals surface area contributed by atoms with Gasteiger partial charge in [-0.05, 0) is 37.3 Å². The predicted molar refractivity (Wildman–Crippen MR) is 105 cm³/mol. The van der Waals surface area contributed by atoms with Crippen LogP contribution in [0, 0.1) is 12.3 Å². The van der Waals surface area contributed by atoms with Crippen LogP contribution in [0.2, 0.25) is 0 Å². The zero-order chi connectivity index (χ0) is 18.4. The molecule has 0 saturated heterocycles. The number of carbonyl (C=O) groups is 2. The van der Waals surface area contributed by atoms with Crippen LogP contribution in [0.3, 0.4) is 0 Å². The van der Waals surface area contributed by atoms with Crippen LogP contribution < -0.4 is 10.6 Å². The third-order valence-electron chi connectivity index (χ3n) is 3.48. The molecule has 0 aliphatic carbocycles. The second-order valence-electron chi connectivity index (χ2n) is 6.93. The first-order valence-electron chi connectivity index (χ1n) is 8.15. The van der Waals surface area contributed by atoms with Gasteiger partial charge in [-0.15, -0.1) is 11.8 Å². The zero-order valence-electron chi connectivity index (χ0n) is 15.1. The largest absolute Gasteiger partial charge is 0.326 e. The molecule has 5 heteroatoms. The van der Waals surface area contributed by atoms with Crippen molar-refractivity contribution in [3.63, 3.8) is 0 Å². The molecule has 2 aromatic rings. The average Bonchev–Trinajstić information content (AvgIpc) is 2.54. The number of anilines is 2. The number of hydrogen-bond donors (Lipinski definition) is 2. The van der Waals surface area contributed by atoms with E-state index in [1.165, 1.54) is 17.3 Å². The van der Waals surface area contributed by atoms with Gasteiger partial charge in [0.1, 0.15) is 0 Å². The van der Waals surface area contributed by atoms with E-state index in [-0.39, 0.29) is 11.8 Å². The normalized spacial score (nSPS) is 11.0. The van der Waals surface area contributed by atoms with Gasteiger partial charge in [0.05, 0.1) is 5.75 Å². The molecule has 0 bridgehead atoms. The van der Waals surface area contributed by atoms with Crippen LogP contribution in [0.15, 0.2) is 53.4 Å². The summed E-state index contributed by atoms with van der Waals surface area (Å²) in [6, 6.07) is 15.3. The van der Waals surface area contributed by atoms with Crippen LogP contribution in [0.5, 0.6) is 0 Å². The van der Waals surface area contributed by atoms with Gasteiger partial charge in [-0.3, -0.25) is 9.59 Å². The molecule has 0 aromatic heterocycles. The van der Waals surface area contributed by atoms with E-state index in [0.29, 0.717) is 17.1 Å². The van der Waals surface area contributed by atoms with Crippen molar-refractivity contribution in [2.75, 3.05) is 16.4 Å². The lowest BCUT2D eigenvalue weighted by atomic mass is 9.95. The predicted octanol–water partition coefficient (Wildman–Crippen LogP) is 4.71. The fraction of sp³-hybridized carbons (Fsp3) is 0.300. The van der Waals surface area contributed by atoms with Crippen molar-refractivity contribution < 1.29 is 9.59 Å². The first-order chi connectivity index (χ1) is 11.7. The molecule has 132 valence electrons. The highest BCUT2D eigenvalue weighted by Crippen LogP contribution is 2.21. The Morgan fingerprint density at radius 2 is 1.56 bits per heavy atom. The van der Waals surface area contributed by atoms with Crippen LogP contribution in [0.25, 0.3) is 0 Å². The maximum absolute atomic E-state index is 12.1. The van der Waals surface area contributed by atoms with Crippen LogP contribution in [0.4, 0.5) is 11.4 Å². The Morgan fingerprint density at radius 3 is 2.16 bits per heavy atom. The second-order valence-corrected chi connectivity index (χ2v) is 7.98. The maximum Gasteiger partial charge on any atom is 0.234 e. The summed E-state index contributed by atoms with van der Waals surface area (Å²) in [4.78, 5) is 25.2. The lowest BCUT2D eigenvalue weighted by Gasteiger charge is -2.18. The number of carbonyl (C=O) groups excluding carboxylic acids is 2. The molecule has 0 unspecified atom stereocenters. The van der Waals surface area contributed by atoms with Crippen molar-refractivity contribution in [3.8, 4) is 0 Å². The van der Waals surface area contributed by atoms with Crippen molar-refractivity contribution in [1.82, 2.24) is 0 Å². The molecule has 2 aromatic carbocycles. The Balaban J connectivity index is 1.91. The molecule has 0 saturated carbocycles. The van der Waals surface area contributed by atoms with Gasteiger partial charge in [0.25, 0.3) is 0 Å². The van der Waals surface area contributed by atoms with E-state index >= 15 is 0 Å².